The number of amides is 1. The molecule has 0 aliphatic carbocycles. The van der Waals surface area contributed by atoms with E-state index < -0.39 is 6.09 Å². The van der Waals surface area contributed by atoms with E-state index >= 15 is 0 Å². The first-order valence-electron chi connectivity index (χ1n) is 6.30. The molecular formula is C13H16N4O2. The van der Waals surface area contributed by atoms with Gasteiger partial charge < -0.3 is 14.9 Å². The predicted molar refractivity (Wildman–Crippen MR) is 72.5 cm³/mol. The van der Waals surface area contributed by atoms with Crippen LogP contribution in [-0.4, -0.2) is 52.1 Å². The third kappa shape index (κ3) is 2.09. The van der Waals surface area contributed by atoms with Gasteiger partial charge in [0.25, 0.3) is 0 Å². The van der Waals surface area contributed by atoms with Crippen LogP contribution in [0.2, 0.25) is 0 Å². The van der Waals surface area contributed by atoms with Crippen molar-refractivity contribution in [1.82, 2.24) is 14.7 Å². The Bertz CT molecular complexity index is 614. The molecule has 1 aromatic heterocycles. The van der Waals surface area contributed by atoms with E-state index in [1.54, 1.807) is 0 Å². The van der Waals surface area contributed by atoms with Crippen molar-refractivity contribution < 1.29 is 9.90 Å². The number of fused-ring (bicyclic) bond motifs is 1. The minimum absolute atomic E-state index is 0.556. The molecule has 0 atom stereocenters. The average Bonchev–Trinajstić information content (AvgIpc) is 2.80. The summed E-state index contributed by atoms with van der Waals surface area (Å²) in [6, 6.07) is 6.24. The van der Waals surface area contributed by atoms with Gasteiger partial charge in [0.1, 0.15) is 0 Å². The predicted octanol–water partition coefficient (Wildman–Crippen LogP) is 1.37. The SMILES string of the molecule is Cn1ncc2cc(N3CCN(C(=O)O)CC3)ccc21. The lowest BCUT2D eigenvalue weighted by Gasteiger charge is -2.34. The van der Waals surface area contributed by atoms with Gasteiger partial charge in [-0.3, -0.25) is 4.68 Å². The van der Waals surface area contributed by atoms with Crippen molar-refractivity contribution in [2.24, 2.45) is 7.05 Å². The van der Waals surface area contributed by atoms with Gasteiger partial charge in [0, 0.05) is 44.3 Å². The van der Waals surface area contributed by atoms with Gasteiger partial charge in [0.2, 0.25) is 0 Å². The summed E-state index contributed by atoms with van der Waals surface area (Å²) in [4.78, 5) is 14.5. The fourth-order valence-corrected chi connectivity index (χ4v) is 2.50. The molecule has 0 saturated carbocycles. The van der Waals surface area contributed by atoms with Crippen molar-refractivity contribution in [1.29, 1.82) is 0 Å². The van der Waals surface area contributed by atoms with Crippen LogP contribution in [0.25, 0.3) is 10.9 Å². The first kappa shape index (κ1) is 11.8. The van der Waals surface area contributed by atoms with Crippen molar-refractivity contribution in [2.75, 3.05) is 31.1 Å². The molecule has 100 valence electrons. The number of carbonyl (C=O) groups is 1. The molecule has 2 aromatic rings. The summed E-state index contributed by atoms with van der Waals surface area (Å²) in [5, 5.41) is 14.3. The summed E-state index contributed by atoms with van der Waals surface area (Å²) >= 11 is 0. The fraction of sp³-hybridized carbons (Fsp3) is 0.385. The molecule has 2 heterocycles. The zero-order chi connectivity index (χ0) is 13.4. The quantitative estimate of drug-likeness (QED) is 0.841. The van der Waals surface area contributed by atoms with E-state index in [1.165, 1.54) is 4.90 Å². The summed E-state index contributed by atoms with van der Waals surface area (Å²) in [6.07, 6.45) is 1.02. The van der Waals surface area contributed by atoms with E-state index in [0.717, 1.165) is 29.7 Å². The monoisotopic (exact) mass is 260 g/mol. The zero-order valence-electron chi connectivity index (χ0n) is 10.8. The summed E-state index contributed by atoms with van der Waals surface area (Å²) in [7, 11) is 1.92. The molecular weight excluding hydrogens is 244 g/mol. The van der Waals surface area contributed by atoms with Gasteiger partial charge in [-0.25, -0.2) is 4.79 Å². The van der Waals surface area contributed by atoms with Crippen molar-refractivity contribution in [2.45, 2.75) is 0 Å². The molecule has 1 aliphatic heterocycles. The molecule has 1 saturated heterocycles. The highest BCUT2D eigenvalue weighted by Crippen LogP contribution is 2.22. The highest BCUT2D eigenvalue weighted by molar-refractivity contribution is 5.82. The maximum absolute atomic E-state index is 10.9. The lowest BCUT2D eigenvalue weighted by Crippen LogP contribution is -2.48. The largest absolute Gasteiger partial charge is 0.465 e. The minimum atomic E-state index is -0.831. The third-order valence-corrected chi connectivity index (χ3v) is 3.65. The zero-order valence-corrected chi connectivity index (χ0v) is 10.8. The highest BCUT2D eigenvalue weighted by atomic mass is 16.4. The summed E-state index contributed by atoms with van der Waals surface area (Å²) in [6.45, 7) is 2.58. The van der Waals surface area contributed by atoms with E-state index in [4.69, 9.17) is 5.11 Å². The van der Waals surface area contributed by atoms with Crippen molar-refractivity contribution in [3.8, 4) is 0 Å². The molecule has 1 aromatic carbocycles. The number of aromatic nitrogens is 2. The van der Waals surface area contributed by atoms with Crippen LogP contribution in [0.3, 0.4) is 0 Å². The van der Waals surface area contributed by atoms with Crippen LogP contribution in [0.15, 0.2) is 24.4 Å². The van der Waals surface area contributed by atoms with Crippen LogP contribution >= 0.6 is 0 Å². The number of nitrogens with zero attached hydrogens (tertiary/aromatic N) is 4. The van der Waals surface area contributed by atoms with Gasteiger partial charge in [-0.15, -0.1) is 0 Å². The summed E-state index contributed by atoms with van der Waals surface area (Å²) in [5.41, 5.74) is 2.23. The fourth-order valence-electron chi connectivity index (χ4n) is 2.50. The molecule has 1 N–H and O–H groups in total. The van der Waals surface area contributed by atoms with Crippen LogP contribution in [0, 0.1) is 0 Å². The Morgan fingerprint density at radius 3 is 2.68 bits per heavy atom. The van der Waals surface area contributed by atoms with Crippen LogP contribution in [0.1, 0.15) is 0 Å². The smallest absolute Gasteiger partial charge is 0.407 e. The Labute approximate surface area is 110 Å². The van der Waals surface area contributed by atoms with Gasteiger partial charge in [0.05, 0.1) is 11.7 Å². The van der Waals surface area contributed by atoms with Gasteiger partial charge >= 0.3 is 6.09 Å². The van der Waals surface area contributed by atoms with Crippen molar-refractivity contribution >= 4 is 22.7 Å². The standard InChI is InChI=1S/C13H16N4O2/c1-15-12-3-2-11(8-10(12)9-14-15)16-4-6-17(7-5-16)13(18)19/h2-3,8-9H,4-7H2,1H3,(H,18,19). The third-order valence-electron chi connectivity index (χ3n) is 3.65. The minimum Gasteiger partial charge on any atom is -0.465 e. The molecule has 1 aliphatic rings. The Balaban J connectivity index is 1.80. The van der Waals surface area contributed by atoms with E-state index in [9.17, 15) is 4.79 Å². The van der Waals surface area contributed by atoms with Crippen molar-refractivity contribution in [3.05, 3.63) is 24.4 Å². The van der Waals surface area contributed by atoms with E-state index in [1.807, 2.05) is 17.9 Å². The van der Waals surface area contributed by atoms with Crippen LogP contribution in [-0.2, 0) is 7.05 Å². The molecule has 0 bridgehead atoms. The normalized spacial score (nSPS) is 16.1. The van der Waals surface area contributed by atoms with Gasteiger partial charge in [-0.1, -0.05) is 0 Å². The number of carboxylic acid groups (broad SMARTS) is 1. The molecule has 0 unspecified atom stereocenters. The lowest BCUT2D eigenvalue weighted by molar-refractivity contribution is 0.142. The Morgan fingerprint density at radius 2 is 2.00 bits per heavy atom. The average molecular weight is 260 g/mol. The number of benzene rings is 1. The molecule has 0 spiro atoms. The van der Waals surface area contributed by atoms with E-state index in [2.05, 4.69) is 28.2 Å². The number of hydrogen-bond acceptors (Lipinski definition) is 3. The van der Waals surface area contributed by atoms with Gasteiger partial charge in [-0.05, 0) is 18.2 Å². The second-order valence-electron chi connectivity index (χ2n) is 4.77. The Morgan fingerprint density at radius 1 is 1.26 bits per heavy atom. The van der Waals surface area contributed by atoms with Crippen molar-refractivity contribution in [3.63, 3.8) is 0 Å². The molecule has 19 heavy (non-hydrogen) atoms. The highest BCUT2D eigenvalue weighted by Gasteiger charge is 2.20. The summed E-state index contributed by atoms with van der Waals surface area (Å²) < 4.78 is 1.85. The summed E-state index contributed by atoms with van der Waals surface area (Å²) in [5.74, 6) is 0. The van der Waals surface area contributed by atoms with Crippen LogP contribution in [0.4, 0.5) is 10.5 Å². The molecule has 1 amide bonds. The van der Waals surface area contributed by atoms with Crippen LogP contribution in [0.5, 0.6) is 0 Å². The Kier molecular flexibility index (Phi) is 2.77. The number of piperazine rings is 1. The topological polar surface area (TPSA) is 61.6 Å². The number of rotatable bonds is 1. The van der Waals surface area contributed by atoms with Gasteiger partial charge in [0.15, 0.2) is 0 Å². The van der Waals surface area contributed by atoms with Crippen LogP contribution < -0.4 is 4.90 Å². The maximum Gasteiger partial charge on any atom is 0.407 e. The van der Waals surface area contributed by atoms with Gasteiger partial charge in [-0.2, -0.15) is 5.10 Å². The molecule has 1 fully saturated rings. The number of anilines is 1. The molecule has 6 nitrogen and oxygen atoms in total. The molecule has 0 radical (unpaired) electrons. The lowest BCUT2D eigenvalue weighted by atomic mass is 10.2. The molecule has 3 rings (SSSR count). The van der Waals surface area contributed by atoms with E-state index in [-0.39, 0.29) is 0 Å². The Hall–Kier alpha value is -2.24. The second-order valence-corrected chi connectivity index (χ2v) is 4.77. The number of hydrogen-bond donors (Lipinski definition) is 1. The maximum atomic E-state index is 10.9. The van der Waals surface area contributed by atoms with E-state index in [0.29, 0.717) is 13.1 Å². The second kappa shape index (κ2) is 4.46. The first-order chi connectivity index (χ1) is 9.15. The molecule has 6 heteroatoms. The first-order valence-corrected chi connectivity index (χ1v) is 6.30. The number of aryl methyl sites for hydroxylation is 1.